The van der Waals surface area contributed by atoms with Crippen molar-refractivity contribution in [2.24, 2.45) is 0 Å². The molecule has 0 fully saturated rings. The summed E-state index contributed by atoms with van der Waals surface area (Å²) in [6.07, 6.45) is 2.96. The maximum Gasteiger partial charge on any atom is 0.255 e. The van der Waals surface area contributed by atoms with Crippen molar-refractivity contribution in [3.8, 4) is 10.6 Å². The highest BCUT2D eigenvalue weighted by molar-refractivity contribution is 7.13. The van der Waals surface area contributed by atoms with E-state index < -0.39 is 0 Å². The SMILES string of the molecule is O=C(NCCCc1nn[nH]n1)c1cn[nH]c1-c1cccs1. The molecule has 0 saturated heterocycles. The van der Waals surface area contributed by atoms with Crippen molar-refractivity contribution in [3.05, 3.63) is 35.1 Å². The molecule has 3 N–H and O–H groups in total. The molecular weight excluding hydrogens is 290 g/mol. The highest BCUT2D eigenvalue weighted by atomic mass is 32.1. The molecule has 0 spiro atoms. The quantitative estimate of drug-likeness (QED) is 0.588. The molecule has 0 radical (unpaired) electrons. The number of rotatable bonds is 6. The smallest absolute Gasteiger partial charge is 0.255 e. The van der Waals surface area contributed by atoms with Crippen LogP contribution in [0.3, 0.4) is 0 Å². The number of H-pyrrole nitrogens is 2. The molecule has 3 aromatic rings. The van der Waals surface area contributed by atoms with Crippen LogP contribution < -0.4 is 5.32 Å². The van der Waals surface area contributed by atoms with Gasteiger partial charge >= 0.3 is 0 Å². The average Bonchev–Trinajstić information content (AvgIpc) is 3.24. The van der Waals surface area contributed by atoms with Gasteiger partial charge in [-0.15, -0.1) is 21.5 Å². The van der Waals surface area contributed by atoms with Crippen molar-refractivity contribution < 1.29 is 4.79 Å². The number of hydrogen-bond donors (Lipinski definition) is 3. The minimum atomic E-state index is -0.139. The Kier molecular flexibility index (Phi) is 4.01. The largest absolute Gasteiger partial charge is 0.352 e. The fourth-order valence-electron chi connectivity index (χ4n) is 1.90. The second-order valence-corrected chi connectivity index (χ2v) is 5.27. The Morgan fingerprint density at radius 2 is 2.38 bits per heavy atom. The summed E-state index contributed by atoms with van der Waals surface area (Å²) in [7, 11) is 0. The van der Waals surface area contributed by atoms with Gasteiger partial charge in [-0.25, -0.2) is 0 Å². The molecule has 0 unspecified atom stereocenters. The topological polar surface area (TPSA) is 112 Å². The van der Waals surface area contributed by atoms with Gasteiger partial charge in [-0.05, 0) is 17.9 Å². The van der Waals surface area contributed by atoms with Gasteiger partial charge in [0, 0.05) is 13.0 Å². The van der Waals surface area contributed by atoms with Gasteiger partial charge in [0.2, 0.25) is 0 Å². The van der Waals surface area contributed by atoms with Gasteiger partial charge in [0.05, 0.1) is 22.3 Å². The van der Waals surface area contributed by atoms with Crippen LogP contribution in [-0.2, 0) is 6.42 Å². The first kappa shape index (κ1) is 13.4. The zero-order valence-electron chi connectivity index (χ0n) is 11.0. The van der Waals surface area contributed by atoms with Crippen LogP contribution in [0.5, 0.6) is 0 Å². The maximum atomic E-state index is 12.2. The first-order chi connectivity index (χ1) is 10.3. The monoisotopic (exact) mass is 303 g/mol. The summed E-state index contributed by atoms with van der Waals surface area (Å²) in [6, 6.07) is 3.89. The van der Waals surface area contributed by atoms with Gasteiger partial charge in [0.15, 0.2) is 5.82 Å². The third kappa shape index (κ3) is 3.14. The van der Waals surface area contributed by atoms with E-state index in [2.05, 4.69) is 36.1 Å². The van der Waals surface area contributed by atoms with Crippen LogP contribution in [0, 0.1) is 0 Å². The normalized spacial score (nSPS) is 10.7. The van der Waals surface area contributed by atoms with E-state index >= 15 is 0 Å². The Morgan fingerprint density at radius 1 is 1.43 bits per heavy atom. The van der Waals surface area contributed by atoms with Crippen molar-refractivity contribution >= 4 is 17.2 Å². The summed E-state index contributed by atoms with van der Waals surface area (Å²) in [5.74, 6) is 0.507. The third-order valence-corrected chi connectivity index (χ3v) is 3.79. The number of carbonyl (C=O) groups is 1. The molecule has 0 aromatic carbocycles. The van der Waals surface area contributed by atoms with E-state index in [0.29, 0.717) is 24.4 Å². The average molecular weight is 303 g/mol. The van der Waals surface area contributed by atoms with Gasteiger partial charge < -0.3 is 5.32 Å². The van der Waals surface area contributed by atoms with E-state index in [1.54, 1.807) is 17.5 Å². The molecule has 0 bridgehead atoms. The molecule has 0 aliphatic rings. The Hall–Kier alpha value is -2.55. The number of thiophene rings is 1. The molecule has 0 aliphatic heterocycles. The predicted molar refractivity (Wildman–Crippen MR) is 76.7 cm³/mol. The van der Waals surface area contributed by atoms with Crippen molar-refractivity contribution in [2.45, 2.75) is 12.8 Å². The lowest BCUT2D eigenvalue weighted by atomic mass is 10.2. The summed E-state index contributed by atoms with van der Waals surface area (Å²) in [4.78, 5) is 13.2. The number of aryl methyl sites for hydroxylation is 1. The van der Waals surface area contributed by atoms with E-state index in [9.17, 15) is 4.79 Å². The lowest BCUT2D eigenvalue weighted by Crippen LogP contribution is -2.25. The van der Waals surface area contributed by atoms with Crippen molar-refractivity contribution in [1.29, 1.82) is 0 Å². The lowest BCUT2D eigenvalue weighted by Gasteiger charge is -2.04. The molecule has 0 atom stereocenters. The molecule has 21 heavy (non-hydrogen) atoms. The summed E-state index contributed by atoms with van der Waals surface area (Å²) in [6.45, 7) is 0.544. The van der Waals surface area contributed by atoms with Crippen molar-refractivity contribution in [2.75, 3.05) is 6.54 Å². The number of hydrogen-bond acceptors (Lipinski definition) is 6. The van der Waals surface area contributed by atoms with E-state index in [4.69, 9.17) is 0 Å². The molecule has 9 heteroatoms. The van der Waals surface area contributed by atoms with E-state index in [-0.39, 0.29) is 5.91 Å². The van der Waals surface area contributed by atoms with Crippen LogP contribution in [0.25, 0.3) is 10.6 Å². The molecule has 3 heterocycles. The van der Waals surface area contributed by atoms with E-state index in [1.165, 1.54) is 0 Å². The molecular formula is C12H13N7OS. The van der Waals surface area contributed by atoms with Crippen molar-refractivity contribution in [1.82, 2.24) is 36.1 Å². The number of tetrazole rings is 1. The molecule has 0 saturated carbocycles. The van der Waals surface area contributed by atoms with Crippen molar-refractivity contribution in [3.63, 3.8) is 0 Å². The van der Waals surface area contributed by atoms with Crippen LogP contribution in [0.4, 0.5) is 0 Å². The Labute approximate surface area is 124 Å². The Bertz CT molecular complexity index is 689. The summed E-state index contributed by atoms with van der Waals surface area (Å²) in [5.41, 5.74) is 1.30. The van der Waals surface area contributed by atoms with E-state index in [0.717, 1.165) is 17.0 Å². The minimum absolute atomic E-state index is 0.139. The second-order valence-electron chi connectivity index (χ2n) is 4.32. The van der Waals surface area contributed by atoms with E-state index in [1.807, 2.05) is 17.5 Å². The predicted octanol–water partition coefficient (Wildman–Crippen LogP) is 1.01. The standard InChI is InChI=1S/C12H13N7OS/c20-12(13-5-1-4-10-15-18-19-16-10)8-7-14-17-11(8)9-3-2-6-21-9/h2-3,6-7H,1,4-5H2,(H,13,20)(H,14,17)(H,15,16,18,19). The summed E-state index contributed by atoms with van der Waals surface area (Å²) in [5, 5.41) is 25.2. The van der Waals surface area contributed by atoms with Crippen LogP contribution in [-0.4, -0.2) is 43.3 Å². The Balaban J connectivity index is 1.55. The molecule has 8 nitrogen and oxygen atoms in total. The van der Waals surface area contributed by atoms with Gasteiger partial charge in [0.25, 0.3) is 5.91 Å². The first-order valence-corrected chi connectivity index (χ1v) is 7.30. The minimum Gasteiger partial charge on any atom is -0.352 e. The number of aromatic amines is 2. The van der Waals surface area contributed by atoms with Crippen LogP contribution in [0.15, 0.2) is 23.7 Å². The second kappa shape index (κ2) is 6.27. The highest BCUT2D eigenvalue weighted by Gasteiger charge is 2.15. The lowest BCUT2D eigenvalue weighted by molar-refractivity contribution is 0.0954. The third-order valence-electron chi connectivity index (χ3n) is 2.90. The Morgan fingerprint density at radius 3 is 3.14 bits per heavy atom. The molecule has 108 valence electrons. The number of nitrogens with zero attached hydrogens (tertiary/aromatic N) is 4. The van der Waals surface area contributed by atoms with Gasteiger partial charge in [-0.2, -0.15) is 10.3 Å². The first-order valence-electron chi connectivity index (χ1n) is 6.42. The molecule has 0 aliphatic carbocycles. The zero-order valence-corrected chi connectivity index (χ0v) is 11.9. The fraction of sp³-hybridized carbons (Fsp3) is 0.250. The van der Waals surface area contributed by atoms with Crippen LogP contribution in [0.2, 0.25) is 0 Å². The number of nitrogens with one attached hydrogen (secondary N) is 3. The van der Waals surface area contributed by atoms with Crippen LogP contribution in [0.1, 0.15) is 22.6 Å². The molecule has 3 rings (SSSR count). The summed E-state index contributed by atoms with van der Waals surface area (Å²) < 4.78 is 0. The van der Waals surface area contributed by atoms with Gasteiger partial charge in [0.1, 0.15) is 0 Å². The van der Waals surface area contributed by atoms with Gasteiger partial charge in [-0.3, -0.25) is 9.89 Å². The molecule has 1 amide bonds. The summed E-state index contributed by atoms with van der Waals surface area (Å²) >= 11 is 1.56. The molecule has 3 aromatic heterocycles. The maximum absolute atomic E-state index is 12.2. The number of amides is 1. The number of carbonyl (C=O) groups excluding carboxylic acids is 1. The van der Waals surface area contributed by atoms with Gasteiger partial charge in [-0.1, -0.05) is 11.3 Å². The van der Waals surface area contributed by atoms with Crippen LogP contribution >= 0.6 is 11.3 Å². The zero-order chi connectivity index (χ0) is 14.5. The fourth-order valence-corrected chi connectivity index (χ4v) is 2.63. The number of aromatic nitrogens is 6. The highest BCUT2D eigenvalue weighted by Crippen LogP contribution is 2.25.